The smallest absolute Gasteiger partial charge is 0.410 e. The van der Waals surface area contributed by atoms with Crippen LogP contribution in [0.25, 0.3) is 0 Å². The predicted molar refractivity (Wildman–Crippen MR) is 90.2 cm³/mol. The lowest BCUT2D eigenvalue weighted by Crippen LogP contribution is -2.49. The Morgan fingerprint density at radius 2 is 1.65 bits per heavy atom. The molecule has 1 unspecified atom stereocenters. The summed E-state index contributed by atoms with van der Waals surface area (Å²) < 4.78 is 10.4. The normalized spacial score (nSPS) is 16.9. The van der Waals surface area contributed by atoms with E-state index in [2.05, 4.69) is 13.8 Å². The van der Waals surface area contributed by atoms with Crippen molar-refractivity contribution in [2.24, 2.45) is 5.92 Å². The van der Waals surface area contributed by atoms with Crippen LogP contribution in [0.4, 0.5) is 4.79 Å². The molecule has 0 aromatic rings. The fourth-order valence-corrected chi connectivity index (χ4v) is 3.41. The molecular weight excluding hydrogens is 294 g/mol. The summed E-state index contributed by atoms with van der Waals surface area (Å²) in [5.74, 6) is 0.165. The van der Waals surface area contributed by atoms with E-state index in [1.54, 1.807) is 6.92 Å². The molecule has 0 radical (unpaired) electrons. The molecule has 0 heterocycles. The van der Waals surface area contributed by atoms with Crippen molar-refractivity contribution in [1.82, 2.24) is 4.90 Å². The van der Waals surface area contributed by atoms with E-state index in [-0.39, 0.29) is 30.6 Å². The lowest BCUT2D eigenvalue weighted by molar-refractivity contribution is -0.144. The van der Waals surface area contributed by atoms with Crippen LogP contribution >= 0.6 is 0 Å². The Balaban J connectivity index is 2.93. The fourth-order valence-electron chi connectivity index (χ4n) is 3.41. The van der Waals surface area contributed by atoms with Gasteiger partial charge in [-0.15, -0.1) is 0 Å². The Bertz CT molecular complexity index is 364. The maximum Gasteiger partial charge on any atom is 0.410 e. The summed E-state index contributed by atoms with van der Waals surface area (Å²) in [5, 5.41) is 0. The predicted octanol–water partition coefficient (Wildman–Crippen LogP) is 4.15. The van der Waals surface area contributed by atoms with Crippen LogP contribution in [0.1, 0.15) is 72.6 Å². The fraction of sp³-hybridized carbons (Fsp3) is 0.889. The molecule has 1 fully saturated rings. The van der Waals surface area contributed by atoms with Crippen LogP contribution in [0.5, 0.6) is 0 Å². The minimum absolute atomic E-state index is 0.142. The third kappa shape index (κ3) is 6.80. The number of hydrogen-bond donors (Lipinski definition) is 0. The summed E-state index contributed by atoms with van der Waals surface area (Å²) in [5.41, 5.74) is 0. The van der Waals surface area contributed by atoms with E-state index in [0.29, 0.717) is 19.1 Å². The van der Waals surface area contributed by atoms with Crippen molar-refractivity contribution < 1.29 is 19.1 Å². The first kappa shape index (κ1) is 19.8. The molecule has 0 saturated heterocycles. The third-order valence-electron chi connectivity index (χ3n) is 4.29. The van der Waals surface area contributed by atoms with Gasteiger partial charge in [-0.05, 0) is 39.0 Å². The topological polar surface area (TPSA) is 55.8 Å². The molecule has 0 N–H and O–H groups in total. The number of carbonyl (C=O) groups excluding carboxylic acids is 2. The van der Waals surface area contributed by atoms with E-state index in [0.717, 1.165) is 32.1 Å². The number of esters is 1. The molecule has 134 valence electrons. The van der Waals surface area contributed by atoms with Gasteiger partial charge in [0.05, 0.1) is 19.6 Å². The molecule has 0 bridgehead atoms. The SMILES string of the molecule is CCOC(=O)CC(CC(C)C)N(C(=O)OCC)C1CCCCC1. The van der Waals surface area contributed by atoms with Crippen molar-refractivity contribution in [3.8, 4) is 0 Å². The molecule has 0 aromatic carbocycles. The van der Waals surface area contributed by atoms with Gasteiger partial charge in [0.2, 0.25) is 0 Å². The molecule has 0 aromatic heterocycles. The number of carbonyl (C=O) groups is 2. The van der Waals surface area contributed by atoms with E-state index < -0.39 is 0 Å². The summed E-state index contributed by atoms with van der Waals surface area (Å²) in [6, 6.07) is 0.0391. The van der Waals surface area contributed by atoms with Crippen LogP contribution in [0.3, 0.4) is 0 Å². The average molecular weight is 327 g/mol. The van der Waals surface area contributed by atoms with E-state index in [9.17, 15) is 9.59 Å². The first-order valence-electron chi connectivity index (χ1n) is 9.10. The highest BCUT2D eigenvalue weighted by Gasteiger charge is 2.34. The van der Waals surface area contributed by atoms with Gasteiger partial charge in [-0.25, -0.2) is 4.79 Å². The summed E-state index contributed by atoms with van der Waals surface area (Å²) in [6.07, 6.45) is 6.24. The van der Waals surface area contributed by atoms with Crippen LogP contribution in [0.2, 0.25) is 0 Å². The second kappa shape index (κ2) is 10.5. The monoisotopic (exact) mass is 327 g/mol. The van der Waals surface area contributed by atoms with Crippen molar-refractivity contribution in [2.75, 3.05) is 13.2 Å². The van der Waals surface area contributed by atoms with Crippen LogP contribution in [-0.4, -0.2) is 42.3 Å². The van der Waals surface area contributed by atoms with E-state index in [1.165, 1.54) is 6.42 Å². The van der Waals surface area contributed by atoms with Crippen LogP contribution in [-0.2, 0) is 14.3 Å². The maximum absolute atomic E-state index is 12.6. The van der Waals surface area contributed by atoms with Crippen molar-refractivity contribution in [3.05, 3.63) is 0 Å². The Morgan fingerprint density at radius 3 is 2.17 bits per heavy atom. The lowest BCUT2D eigenvalue weighted by Gasteiger charge is -2.39. The maximum atomic E-state index is 12.6. The molecule has 5 heteroatoms. The molecule has 1 aliphatic carbocycles. The number of nitrogens with zero attached hydrogens (tertiary/aromatic N) is 1. The van der Waals surface area contributed by atoms with Gasteiger partial charge in [-0.1, -0.05) is 33.1 Å². The number of hydrogen-bond acceptors (Lipinski definition) is 4. The van der Waals surface area contributed by atoms with Crippen LogP contribution < -0.4 is 0 Å². The molecule has 5 nitrogen and oxygen atoms in total. The largest absolute Gasteiger partial charge is 0.466 e. The Morgan fingerprint density at radius 1 is 1.04 bits per heavy atom. The summed E-state index contributed by atoms with van der Waals surface area (Å²) in [6.45, 7) is 8.58. The summed E-state index contributed by atoms with van der Waals surface area (Å²) >= 11 is 0. The molecule has 1 rings (SSSR count). The molecule has 1 amide bonds. The highest BCUT2D eigenvalue weighted by molar-refractivity contribution is 5.73. The molecule has 0 spiro atoms. The summed E-state index contributed by atoms with van der Waals surface area (Å²) in [4.78, 5) is 26.4. The van der Waals surface area contributed by atoms with Crippen molar-refractivity contribution in [2.45, 2.75) is 84.7 Å². The Kier molecular flexibility index (Phi) is 9.03. The minimum atomic E-state index is -0.283. The van der Waals surface area contributed by atoms with Gasteiger partial charge in [-0.3, -0.25) is 4.79 Å². The van der Waals surface area contributed by atoms with Gasteiger partial charge in [-0.2, -0.15) is 0 Å². The van der Waals surface area contributed by atoms with Gasteiger partial charge in [0.25, 0.3) is 0 Å². The van der Waals surface area contributed by atoms with Crippen molar-refractivity contribution >= 4 is 12.1 Å². The second-order valence-corrected chi connectivity index (χ2v) is 6.69. The zero-order valence-electron chi connectivity index (χ0n) is 15.2. The molecular formula is C18H33NO4. The molecule has 1 aliphatic rings. The first-order chi connectivity index (χ1) is 11.0. The molecule has 1 atom stereocenters. The highest BCUT2D eigenvalue weighted by Crippen LogP contribution is 2.28. The summed E-state index contributed by atoms with van der Waals surface area (Å²) in [7, 11) is 0. The molecule has 1 saturated carbocycles. The van der Waals surface area contributed by atoms with Gasteiger partial charge >= 0.3 is 12.1 Å². The van der Waals surface area contributed by atoms with Crippen LogP contribution in [0, 0.1) is 5.92 Å². The van der Waals surface area contributed by atoms with Gasteiger partial charge in [0.1, 0.15) is 0 Å². The number of amides is 1. The lowest BCUT2D eigenvalue weighted by atomic mass is 9.91. The molecule has 0 aliphatic heterocycles. The van der Waals surface area contributed by atoms with Crippen LogP contribution in [0.15, 0.2) is 0 Å². The second-order valence-electron chi connectivity index (χ2n) is 6.69. The Hall–Kier alpha value is -1.26. The van der Waals surface area contributed by atoms with Gasteiger partial charge in [0.15, 0.2) is 0 Å². The first-order valence-corrected chi connectivity index (χ1v) is 9.10. The van der Waals surface area contributed by atoms with E-state index in [4.69, 9.17) is 9.47 Å². The number of rotatable bonds is 8. The standard InChI is InChI=1S/C18H33NO4/c1-5-22-17(20)13-16(12-14(3)4)19(18(21)23-6-2)15-10-8-7-9-11-15/h14-16H,5-13H2,1-4H3. The zero-order valence-corrected chi connectivity index (χ0v) is 15.2. The van der Waals surface area contributed by atoms with Gasteiger partial charge in [0, 0.05) is 12.1 Å². The highest BCUT2D eigenvalue weighted by atomic mass is 16.6. The average Bonchev–Trinajstić information content (AvgIpc) is 2.48. The minimum Gasteiger partial charge on any atom is -0.466 e. The number of ether oxygens (including phenoxy) is 2. The Labute approximate surface area is 140 Å². The van der Waals surface area contributed by atoms with E-state index >= 15 is 0 Å². The van der Waals surface area contributed by atoms with E-state index in [1.807, 2.05) is 11.8 Å². The van der Waals surface area contributed by atoms with Gasteiger partial charge < -0.3 is 14.4 Å². The molecule has 23 heavy (non-hydrogen) atoms. The quantitative estimate of drug-likeness (QED) is 0.629. The zero-order chi connectivity index (χ0) is 17.2. The van der Waals surface area contributed by atoms with Crippen molar-refractivity contribution in [1.29, 1.82) is 0 Å². The third-order valence-corrected chi connectivity index (χ3v) is 4.29. The van der Waals surface area contributed by atoms with Crippen molar-refractivity contribution in [3.63, 3.8) is 0 Å².